The molecule has 18 heavy (non-hydrogen) atoms. The number of benzene rings is 2. The molecule has 2 aromatic carbocycles. The Kier molecular flexibility index (Phi) is 3.71. The zero-order valence-corrected chi connectivity index (χ0v) is 10.5. The van der Waals surface area contributed by atoms with E-state index in [1.807, 2.05) is 30.3 Å². The zero-order valence-electron chi connectivity index (χ0n) is 9.77. The van der Waals surface area contributed by atoms with Crippen molar-refractivity contribution < 1.29 is 4.74 Å². The highest BCUT2D eigenvalue weighted by atomic mass is 35.5. The van der Waals surface area contributed by atoms with Gasteiger partial charge in [-0.15, -0.1) is 0 Å². The molecule has 0 aliphatic rings. The van der Waals surface area contributed by atoms with Gasteiger partial charge >= 0.3 is 0 Å². The van der Waals surface area contributed by atoms with E-state index in [4.69, 9.17) is 21.6 Å². The molecular weight excluding hydrogens is 248 g/mol. The first-order valence-corrected chi connectivity index (χ1v) is 5.72. The van der Waals surface area contributed by atoms with Crippen molar-refractivity contribution in [3.05, 3.63) is 53.1 Å². The molecule has 0 heterocycles. The molecule has 90 valence electrons. The van der Waals surface area contributed by atoms with Crippen molar-refractivity contribution in [2.45, 2.75) is 0 Å². The van der Waals surface area contributed by atoms with Crippen LogP contribution in [-0.4, -0.2) is 7.11 Å². The van der Waals surface area contributed by atoms with E-state index in [0.29, 0.717) is 16.3 Å². The van der Waals surface area contributed by atoms with Crippen molar-refractivity contribution in [3.8, 4) is 11.8 Å². The van der Waals surface area contributed by atoms with Crippen LogP contribution in [0.4, 0.5) is 11.4 Å². The normalized spacial score (nSPS) is 9.61. The largest absolute Gasteiger partial charge is 0.497 e. The van der Waals surface area contributed by atoms with E-state index in [1.165, 1.54) is 0 Å². The minimum Gasteiger partial charge on any atom is -0.497 e. The van der Waals surface area contributed by atoms with Gasteiger partial charge in [0.2, 0.25) is 0 Å². The van der Waals surface area contributed by atoms with Crippen molar-refractivity contribution >= 4 is 23.0 Å². The highest BCUT2D eigenvalue weighted by Crippen LogP contribution is 2.27. The third kappa shape index (κ3) is 2.55. The summed E-state index contributed by atoms with van der Waals surface area (Å²) in [6.07, 6.45) is 0. The predicted octanol–water partition coefficient (Wildman–Crippen LogP) is 3.96. The Balaban J connectivity index is 2.28. The molecular formula is C14H11ClN2O. The van der Waals surface area contributed by atoms with Gasteiger partial charge in [-0.25, -0.2) is 0 Å². The number of halogens is 1. The van der Waals surface area contributed by atoms with Crippen LogP contribution in [0.3, 0.4) is 0 Å². The highest BCUT2D eigenvalue weighted by molar-refractivity contribution is 6.32. The van der Waals surface area contributed by atoms with E-state index >= 15 is 0 Å². The quantitative estimate of drug-likeness (QED) is 0.906. The molecule has 0 saturated heterocycles. The molecule has 0 aliphatic carbocycles. The maximum absolute atomic E-state index is 9.07. The molecule has 0 aromatic heterocycles. The molecule has 0 atom stereocenters. The maximum atomic E-state index is 9.07. The van der Waals surface area contributed by atoms with Gasteiger partial charge in [0.1, 0.15) is 11.8 Å². The van der Waals surface area contributed by atoms with Crippen molar-refractivity contribution in [1.82, 2.24) is 0 Å². The predicted molar refractivity (Wildman–Crippen MR) is 72.4 cm³/mol. The van der Waals surface area contributed by atoms with Gasteiger partial charge in [0.15, 0.2) is 0 Å². The average molecular weight is 259 g/mol. The Morgan fingerprint density at radius 3 is 2.50 bits per heavy atom. The molecule has 0 aliphatic heterocycles. The lowest BCUT2D eigenvalue weighted by Crippen LogP contribution is -1.94. The summed E-state index contributed by atoms with van der Waals surface area (Å²) in [4.78, 5) is 0. The molecule has 2 aromatic rings. The molecule has 0 spiro atoms. The van der Waals surface area contributed by atoms with Gasteiger partial charge in [-0.2, -0.15) is 5.26 Å². The van der Waals surface area contributed by atoms with E-state index in [0.717, 1.165) is 11.4 Å². The van der Waals surface area contributed by atoms with Gasteiger partial charge in [-0.1, -0.05) is 17.7 Å². The number of nitrogens with zero attached hydrogens (tertiary/aromatic N) is 1. The summed E-state index contributed by atoms with van der Waals surface area (Å²) in [6.45, 7) is 0. The van der Waals surface area contributed by atoms with E-state index in [1.54, 1.807) is 19.2 Å². The Morgan fingerprint density at radius 2 is 1.89 bits per heavy atom. The van der Waals surface area contributed by atoms with E-state index in [-0.39, 0.29) is 0 Å². The van der Waals surface area contributed by atoms with Crippen LogP contribution in [0.1, 0.15) is 5.56 Å². The summed E-state index contributed by atoms with van der Waals surface area (Å²) in [7, 11) is 1.62. The van der Waals surface area contributed by atoms with Crippen molar-refractivity contribution in [3.63, 3.8) is 0 Å². The van der Waals surface area contributed by atoms with Crippen molar-refractivity contribution in [2.24, 2.45) is 0 Å². The van der Waals surface area contributed by atoms with Crippen LogP contribution in [0, 0.1) is 11.3 Å². The Hall–Kier alpha value is -2.18. The monoisotopic (exact) mass is 258 g/mol. The second-order valence-corrected chi connectivity index (χ2v) is 4.03. The number of ether oxygens (including phenoxy) is 1. The number of nitriles is 1. The Labute approximate surface area is 111 Å². The number of hydrogen-bond donors (Lipinski definition) is 1. The van der Waals surface area contributed by atoms with Gasteiger partial charge in [-0.05, 0) is 36.4 Å². The number of hydrogen-bond acceptors (Lipinski definition) is 3. The van der Waals surface area contributed by atoms with Gasteiger partial charge in [0.05, 0.1) is 23.4 Å². The molecule has 4 heteroatoms. The fourth-order valence-electron chi connectivity index (χ4n) is 1.57. The molecule has 2 rings (SSSR count). The van der Waals surface area contributed by atoms with E-state index in [2.05, 4.69) is 11.4 Å². The summed E-state index contributed by atoms with van der Waals surface area (Å²) < 4.78 is 5.08. The number of anilines is 2. The third-order valence-corrected chi connectivity index (χ3v) is 2.81. The zero-order chi connectivity index (χ0) is 13.0. The van der Waals surface area contributed by atoms with Gasteiger partial charge < -0.3 is 10.1 Å². The SMILES string of the molecule is COc1ccc(Nc2cccc(Cl)c2C#N)cc1. The number of nitrogens with one attached hydrogen (secondary N) is 1. The lowest BCUT2D eigenvalue weighted by atomic mass is 10.2. The van der Waals surface area contributed by atoms with Gasteiger partial charge in [0.25, 0.3) is 0 Å². The molecule has 3 nitrogen and oxygen atoms in total. The Bertz CT molecular complexity index is 588. The first kappa shape index (κ1) is 12.3. The summed E-state index contributed by atoms with van der Waals surface area (Å²) in [5.74, 6) is 0.784. The average Bonchev–Trinajstić information content (AvgIpc) is 2.40. The standard InChI is InChI=1S/C14H11ClN2O/c1-18-11-7-5-10(6-8-11)17-14-4-2-3-13(15)12(14)9-16/h2-8,17H,1H3. The van der Waals surface area contributed by atoms with Crippen LogP contribution < -0.4 is 10.1 Å². The topological polar surface area (TPSA) is 45.0 Å². The first-order chi connectivity index (χ1) is 8.74. The van der Waals surface area contributed by atoms with Crippen LogP contribution in [0.2, 0.25) is 5.02 Å². The first-order valence-electron chi connectivity index (χ1n) is 5.34. The molecule has 0 amide bonds. The van der Waals surface area contributed by atoms with E-state index < -0.39 is 0 Å². The number of rotatable bonds is 3. The summed E-state index contributed by atoms with van der Waals surface area (Å²) in [6, 6.07) is 14.8. The van der Waals surface area contributed by atoms with E-state index in [9.17, 15) is 0 Å². The smallest absolute Gasteiger partial charge is 0.119 e. The summed E-state index contributed by atoms with van der Waals surface area (Å²) >= 11 is 5.96. The molecule has 0 unspecified atom stereocenters. The minimum atomic E-state index is 0.440. The summed E-state index contributed by atoms with van der Waals surface area (Å²) in [5, 5.41) is 12.7. The molecule has 0 saturated carbocycles. The van der Waals surface area contributed by atoms with Gasteiger partial charge in [-0.3, -0.25) is 0 Å². The van der Waals surface area contributed by atoms with Crippen LogP contribution in [0.5, 0.6) is 5.75 Å². The van der Waals surface area contributed by atoms with Gasteiger partial charge in [0, 0.05) is 5.69 Å². The summed E-state index contributed by atoms with van der Waals surface area (Å²) in [5.41, 5.74) is 2.00. The fraction of sp³-hybridized carbons (Fsp3) is 0.0714. The Morgan fingerprint density at radius 1 is 1.17 bits per heavy atom. The second-order valence-electron chi connectivity index (χ2n) is 3.63. The third-order valence-electron chi connectivity index (χ3n) is 2.49. The second kappa shape index (κ2) is 5.44. The number of methoxy groups -OCH3 is 1. The lowest BCUT2D eigenvalue weighted by molar-refractivity contribution is 0.415. The highest BCUT2D eigenvalue weighted by Gasteiger charge is 2.06. The molecule has 0 bridgehead atoms. The van der Waals surface area contributed by atoms with Crippen LogP contribution in [0.15, 0.2) is 42.5 Å². The van der Waals surface area contributed by atoms with Crippen LogP contribution >= 0.6 is 11.6 Å². The van der Waals surface area contributed by atoms with Crippen molar-refractivity contribution in [2.75, 3.05) is 12.4 Å². The minimum absolute atomic E-state index is 0.440. The lowest BCUT2D eigenvalue weighted by Gasteiger charge is -2.09. The molecule has 1 N–H and O–H groups in total. The molecule has 0 fully saturated rings. The van der Waals surface area contributed by atoms with Crippen LogP contribution in [-0.2, 0) is 0 Å². The molecule has 0 radical (unpaired) electrons. The maximum Gasteiger partial charge on any atom is 0.119 e. The fourth-order valence-corrected chi connectivity index (χ4v) is 1.79. The van der Waals surface area contributed by atoms with Crippen LogP contribution in [0.25, 0.3) is 0 Å². The van der Waals surface area contributed by atoms with Crippen molar-refractivity contribution in [1.29, 1.82) is 5.26 Å².